The van der Waals surface area contributed by atoms with Crippen LogP contribution in [0.15, 0.2) is 75.0 Å². The first-order chi connectivity index (χ1) is 16.3. The first-order valence-corrected chi connectivity index (χ1v) is 11.4. The van der Waals surface area contributed by atoms with Crippen LogP contribution >= 0.6 is 11.8 Å². The van der Waals surface area contributed by atoms with Gasteiger partial charge in [0.15, 0.2) is 11.6 Å². The molecule has 0 saturated heterocycles. The van der Waals surface area contributed by atoms with Crippen LogP contribution in [0.25, 0.3) is 11.5 Å². The first kappa shape index (κ1) is 22.3. The number of aromatic nitrogens is 3. The molecule has 10 heteroatoms. The molecule has 0 unspecified atom stereocenters. The Balaban J connectivity index is 1.57. The largest absolute Gasteiger partial charge is 0.573 e. The van der Waals surface area contributed by atoms with Crippen LogP contribution in [0.1, 0.15) is 28.6 Å². The van der Waals surface area contributed by atoms with Crippen LogP contribution in [-0.2, 0) is 6.42 Å². The molecule has 0 fully saturated rings. The van der Waals surface area contributed by atoms with E-state index < -0.39 is 18.0 Å². The van der Waals surface area contributed by atoms with Gasteiger partial charge in [0.25, 0.3) is 11.4 Å². The molecule has 1 aliphatic heterocycles. The van der Waals surface area contributed by atoms with Crippen molar-refractivity contribution in [2.75, 3.05) is 5.75 Å². The van der Waals surface area contributed by atoms with Crippen molar-refractivity contribution in [3.63, 3.8) is 0 Å². The van der Waals surface area contributed by atoms with E-state index in [0.29, 0.717) is 5.56 Å². The van der Waals surface area contributed by atoms with Gasteiger partial charge in [-0.25, -0.2) is 0 Å². The van der Waals surface area contributed by atoms with Crippen LogP contribution in [0.3, 0.4) is 0 Å². The van der Waals surface area contributed by atoms with E-state index in [2.05, 4.69) is 14.9 Å². The van der Waals surface area contributed by atoms with E-state index in [1.165, 1.54) is 10.6 Å². The lowest BCUT2D eigenvalue weighted by Crippen LogP contribution is -2.27. The lowest BCUT2D eigenvalue weighted by atomic mass is 10.0. The number of aryl methyl sites for hydroxylation is 1. The van der Waals surface area contributed by atoms with Crippen molar-refractivity contribution in [1.29, 1.82) is 0 Å². The van der Waals surface area contributed by atoms with Gasteiger partial charge in [-0.05, 0) is 30.2 Å². The summed E-state index contributed by atoms with van der Waals surface area (Å²) in [5.74, 6) is 0.391. The molecule has 6 nitrogen and oxygen atoms in total. The number of hydrogen-bond donors (Lipinski definition) is 0. The molecule has 2 aromatic heterocycles. The Labute approximate surface area is 196 Å². The number of ether oxygens (including phenoxy) is 1. The summed E-state index contributed by atoms with van der Waals surface area (Å²) in [4.78, 5) is 17.5. The first-order valence-electron chi connectivity index (χ1n) is 10.4. The van der Waals surface area contributed by atoms with Gasteiger partial charge >= 0.3 is 6.36 Å². The summed E-state index contributed by atoms with van der Waals surface area (Å²) in [6.07, 6.45) is -4.78. The van der Waals surface area contributed by atoms with Gasteiger partial charge in [0.2, 0.25) is 0 Å². The lowest BCUT2D eigenvalue weighted by Gasteiger charge is -2.18. The highest BCUT2D eigenvalue weighted by atomic mass is 32.2. The zero-order chi connectivity index (χ0) is 23.9. The zero-order valence-electron chi connectivity index (χ0n) is 17.9. The van der Waals surface area contributed by atoms with E-state index in [1.54, 1.807) is 18.2 Å². The molecule has 0 saturated carbocycles. The molecule has 2 aromatic carbocycles. The summed E-state index contributed by atoms with van der Waals surface area (Å²) < 4.78 is 51.1. The second kappa shape index (κ2) is 8.68. The van der Waals surface area contributed by atoms with Crippen LogP contribution in [0.4, 0.5) is 13.2 Å². The molecule has 1 atom stereocenters. The van der Waals surface area contributed by atoms with Gasteiger partial charge in [-0.2, -0.15) is 4.98 Å². The second-order valence-electron chi connectivity index (χ2n) is 7.81. The topological polar surface area (TPSA) is 70.2 Å². The highest BCUT2D eigenvalue weighted by Crippen LogP contribution is 2.44. The Bertz CT molecular complexity index is 1400. The number of pyridine rings is 1. The fraction of sp³-hybridized carbons (Fsp3) is 0.208. The fourth-order valence-electron chi connectivity index (χ4n) is 3.92. The van der Waals surface area contributed by atoms with Crippen LogP contribution in [0, 0.1) is 6.92 Å². The molecule has 3 heterocycles. The van der Waals surface area contributed by atoms with Crippen molar-refractivity contribution < 1.29 is 22.4 Å². The van der Waals surface area contributed by atoms with Gasteiger partial charge in [-0.15, -0.1) is 24.9 Å². The number of rotatable bonds is 5. The second-order valence-corrected chi connectivity index (χ2v) is 8.82. The maximum Gasteiger partial charge on any atom is 0.573 e. The highest BCUT2D eigenvalue weighted by Gasteiger charge is 2.38. The van der Waals surface area contributed by atoms with Crippen molar-refractivity contribution >= 4 is 11.8 Å². The zero-order valence-corrected chi connectivity index (χ0v) is 18.7. The number of halogens is 3. The summed E-state index contributed by atoms with van der Waals surface area (Å²) in [6, 6.07) is 16.9. The third-order valence-electron chi connectivity index (χ3n) is 5.55. The molecule has 34 heavy (non-hydrogen) atoms. The fourth-order valence-corrected chi connectivity index (χ4v) is 5.20. The predicted octanol–water partition coefficient (Wildman–Crippen LogP) is 5.39. The Morgan fingerprint density at radius 1 is 1.12 bits per heavy atom. The average molecular weight is 485 g/mol. The summed E-state index contributed by atoms with van der Waals surface area (Å²) in [5, 5.41) is 4.10. The van der Waals surface area contributed by atoms with Crippen LogP contribution < -0.4 is 10.3 Å². The molecule has 0 bridgehead atoms. The minimum Gasteiger partial charge on any atom is -0.403 e. The van der Waals surface area contributed by atoms with E-state index in [9.17, 15) is 18.0 Å². The molecule has 0 spiro atoms. The van der Waals surface area contributed by atoms with Gasteiger partial charge in [0.1, 0.15) is 11.1 Å². The van der Waals surface area contributed by atoms with Crippen molar-refractivity contribution in [2.24, 2.45) is 0 Å². The quantitative estimate of drug-likeness (QED) is 0.378. The maximum atomic E-state index is 13.4. The molecular weight excluding hydrogens is 467 g/mol. The summed E-state index contributed by atoms with van der Waals surface area (Å²) in [6.45, 7) is 1.87. The average Bonchev–Trinajstić information content (AvgIpc) is 3.45. The van der Waals surface area contributed by atoms with E-state index in [4.69, 9.17) is 4.52 Å². The van der Waals surface area contributed by atoms with Gasteiger partial charge < -0.3 is 9.26 Å². The number of thioether (sulfide) groups is 1. The lowest BCUT2D eigenvalue weighted by molar-refractivity contribution is -0.276. The number of hydrogen-bond acceptors (Lipinski definition) is 6. The summed E-state index contributed by atoms with van der Waals surface area (Å²) in [7, 11) is 0. The van der Waals surface area contributed by atoms with Crippen LogP contribution in [0.5, 0.6) is 5.75 Å². The SMILES string of the molecule is Cc1ccccc1Cc1cc(=O)n2c(c1OC(F)(F)F)SC[C@H]2c1noc(-c2ccccc2)n1. The van der Waals surface area contributed by atoms with Gasteiger partial charge in [-0.3, -0.25) is 9.36 Å². The van der Waals surface area contributed by atoms with E-state index in [-0.39, 0.29) is 40.2 Å². The summed E-state index contributed by atoms with van der Waals surface area (Å²) >= 11 is 1.10. The van der Waals surface area contributed by atoms with Crippen molar-refractivity contribution in [2.45, 2.75) is 30.8 Å². The standard InChI is InChI=1S/C24H18F3N3O3S/c1-14-7-5-6-10-16(14)11-17-12-19(31)30-18(13-34-23(30)20(17)32-24(25,26)27)21-28-22(33-29-21)15-8-3-2-4-9-15/h2-10,12,18H,11,13H2,1H3/t18-/m0/s1. The van der Waals surface area contributed by atoms with E-state index in [1.807, 2.05) is 43.3 Å². The molecule has 0 amide bonds. The third kappa shape index (κ3) is 4.33. The Kier molecular flexibility index (Phi) is 5.68. The van der Waals surface area contributed by atoms with Gasteiger partial charge in [0, 0.05) is 29.4 Å². The maximum absolute atomic E-state index is 13.4. The van der Waals surface area contributed by atoms with Gasteiger partial charge in [0.05, 0.1) is 0 Å². The minimum atomic E-state index is -4.91. The Morgan fingerprint density at radius 2 is 1.85 bits per heavy atom. The molecule has 174 valence electrons. The molecule has 5 rings (SSSR count). The van der Waals surface area contributed by atoms with E-state index in [0.717, 1.165) is 22.9 Å². The van der Waals surface area contributed by atoms with Crippen molar-refractivity contribution in [3.05, 3.63) is 93.5 Å². The molecule has 0 aliphatic carbocycles. The van der Waals surface area contributed by atoms with Gasteiger partial charge in [-0.1, -0.05) is 47.6 Å². The predicted molar refractivity (Wildman–Crippen MR) is 120 cm³/mol. The van der Waals surface area contributed by atoms with Crippen LogP contribution in [-0.4, -0.2) is 26.8 Å². The number of benzene rings is 2. The normalized spacial score (nSPS) is 15.4. The van der Waals surface area contributed by atoms with Crippen molar-refractivity contribution in [3.8, 4) is 17.2 Å². The molecule has 0 N–H and O–H groups in total. The summed E-state index contributed by atoms with van der Waals surface area (Å²) in [5.41, 5.74) is 2.15. The highest BCUT2D eigenvalue weighted by molar-refractivity contribution is 7.99. The Hall–Kier alpha value is -3.53. The smallest absolute Gasteiger partial charge is 0.403 e. The van der Waals surface area contributed by atoms with Crippen molar-refractivity contribution in [1.82, 2.24) is 14.7 Å². The third-order valence-corrected chi connectivity index (χ3v) is 6.69. The molecular formula is C24H18F3N3O3S. The van der Waals surface area contributed by atoms with Crippen LogP contribution in [0.2, 0.25) is 0 Å². The Morgan fingerprint density at radius 3 is 2.59 bits per heavy atom. The number of alkyl halides is 3. The molecule has 0 radical (unpaired) electrons. The van der Waals surface area contributed by atoms with E-state index >= 15 is 0 Å². The number of nitrogens with zero attached hydrogens (tertiary/aromatic N) is 3. The minimum absolute atomic E-state index is 0.101. The molecule has 4 aromatic rings. The number of fused-ring (bicyclic) bond motifs is 1. The molecule has 1 aliphatic rings. The monoisotopic (exact) mass is 485 g/mol.